The Bertz CT molecular complexity index is 1140. The van der Waals surface area contributed by atoms with Crippen molar-refractivity contribution in [3.8, 4) is 0 Å². The second kappa shape index (κ2) is 8.88. The fourth-order valence-electron chi connectivity index (χ4n) is 7.57. The molecular formula is C29H36O8. The van der Waals surface area contributed by atoms with Gasteiger partial charge in [0, 0.05) is 24.7 Å². The van der Waals surface area contributed by atoms with Crippen molar-refractivity contribution in [2.75, 3.05) is 0 Å². The van der Waals surface area contributed by atoms with Gasteiger partial charge in [0.25, 0.3) is 0 Å². The maximum Gasteiger partial charge on any atom is 0.338 e. The zero-order valence-corrected chi connectivity index (χ0v) is 22.0. The zero-order valence-electron chi connectivity index (χ0n) is 22.0. The van der Waals surface area contributed by atoms with Crippen LogP contribution in [0.2, 0.25) is 0 Å². The number of aliphatic hydroxyl groups is 2. The molecule has 0 bridgehead atoms. The number of carbonyl (C=O) groups is 4. The number of allylic oxidation sites excluding steroid dienone is 1. The lowest BCUT2D eigenvalue weighted by molar-refractivity contribution is -0.264. The molecule has 0 aliphatic heterocycles. The Morgan fingerprint density at radius 2 is 1.68 bits per heavy atom. The van der Waals surface area contributed by atoms with Gasteiger partial charge in [0.15, 0.2) is 17.2 Å². The minimum Gasteiger partial charge on any atom is -0.459 e. The molecule has 0 spiro atoms. The first-order valence-electron chi connectivity index (χ1n) is 12.7. The van der Waals surface area contributed by atoms with Crippen molar-refractivity contribution in [2.24, 2.45) is 28.1 Å². The largest absolute Gasteiger partial charge is 0.459 e. The first-order chi connectivity index (χ1) is 17.1. The van der Waals surface area contributed by atoms with Crippen LogP contribution in [0.15, 0.2) is 43.0 Å². The molecule has 200 valence electrons. The van der Waals surface area contributed by atoms with Crippen LogP contribution in [0.3, 0.4) is 0 Å². The summed E-state index contributed by atoms with van der Waals surface area (Å²) >= 11 is 0. The van der Waals surface area contributed by atoms with Gasteiger partial charge in [-0.2, -0.15) is 0 Å². The van der Waals surface area contributed by atoms with Gasteiger partial charge in [-0.1, -0.05) is 45.0 Å². The van der Waals surface area contributed by atoms with E-state index in [-0.39, 0.29) is 25.0 Å². The maximum absolute atomic E-state index is 14.1. The fourth-order valence-corrected chi connectivity index (χ4v) is 7.57. The third-order valence-electron chi connectivity index (χ3n) is 9.27. The summed E-state index contributed by atoms with van der Waals surface area (Å²) < 4.78 is 11.7. The molecule has 8 nitrogen and oxygen atoms in total. The quantitative estimate of drug-likeness (QED) is 0.466. The van der Waals surface area contributed by atoms with Crippen LogP contribution in [-0.4, -0.2) is 57.6 Å². The highest BCUT2D eigenvalue weighted by molar-refractivity contribution is 5.97. The Labute approximate surface area is 217 Å². The molecule has 8 heteroatoms. The second-order valence-corrected chi connectivity index (χ2v) is 12.0. The number of hydrogen-bond acceptors (Lipinski definition) is 8. The summed E-state index contributed by atoms with van der Waals surface area (Å²) in [7, 11) is 0. The van der Waals surface area contributed by atoms with E-state index in [1.807, 2.05) is 6.92 Å². The van der Waals surface area contributed by atoms with E-state index < -0.39 is 69.7 Å². The number of rotatable bonds is 4. The summed E-state index contributed by atoms with van der Waals surface area (Å²) in [4.78, 5) is 52.6. The summed E-state index contributed by atoms with van der Waals surface area (Å²) in [6.07, 6.45) is -2.13. The van der Waals surface area contributed by atoms with Gasteiger partial charge in [-0.05, 0) is 43.2 Å². The van der Waals surface area contributed by atoms with Gasteiger partial charge in [0.2, 0.25) is 0 Å². The van der Waals surface area contributed by atoms with E-state index in [0.717, 1.165) is 0 Å². The molecule has 0 amide bonds. The molecule has 3 saturated carbocycles. The molecule has 3 aliphatic rings. The van der Waals surface area contributed by atoms with Crippen molar-refractivity contribution >= 4 is 23.5 Å². The van der Waals surface area contributed by atoms with E-state index in [4.69, 9.17) is 9.47 Å². The first-order valence-corrected chi connectivity index (χ1v) is 12.7. The number of hydrogen-bond donors (Lipinski definition) is 2. The van der Waals surface area contributed by atoms with Gasteiger partial charge in [-0.15, -0.1) is 6.58 Å². The van der Waals surface area contributed by atoms with Crippen molar-refractivity contribution < 1.29 is 38.9 Å². The molecule has 0 heterocycles. The maximum atomic E-state index is 14.1. The molecule has 2 N–H and O–H groups in total. The van der Waals surface area contributed by atoms with Crippen LogP contribution in [0.1, 0.15) is 64.2 Å². The van der Waals surface area contributed by atoms with Gasteiger partial charge in [0.05, 0.1) is 11.0 Å². The molecule has 3 fully saturated rings. The molecule has 3 aliphatic carbocycles. The number of ether oxygens (including phenoxy) is 2. The molecule has 0 radical (unpaired) electrons. The third-order valence-corrected chi connectivity index (χ3v) is 9.27. The first kappa shape index (κ1) is 27.2. The van der Waals surface area contributed by atoms with Gasteiger partial charge in [-0.3, -0.25) is 14.4 Å². The summed E-state index contributed by atoms with van der Waals surface area (Å²) in [5.41, 5.74) is -5.29. The van der Waals surface area contributed by atoms with Crippen molar-refractivity contribution in [2.45, 2.75) is 77.8 Å². The predicted octanol–water partition coefficient (Wildman–Crippen LogP) is 3.04. The summed E-state index contributed by atoms with van der Waals surface area (Å²) in [5.74, 6) is -3.78. The van der Waals surface area contributed by atoms with Crippen LogP contribution in [0.4, 0.5) is 0 Å². The zero-order chi connectivity index (χ0) is 27.6. The molecule has 37 heavy (non-hydrogen) atoms. The highest BCUT2D eigenvalue weighted by atomic mass is 16.6. The number of fused-ring (bicyclic) bond motifs is 3. The number of aliphatic hydroxyl groups excluding tert-OH is 1. The van der Waals surface area contributed by atoms with Crippen molar-refractivity contribution in [3.05, 3.63) is 48.6 Å². The molecule has 8 atom stereocenters. The highest BCUT2D eigenvalue weighted by Gasteiger charge is 2.75. The molecule has 1 aromatic carbocycles. The van der Waals surface area contributed by atoms with Crippen LogP contribution in [0.5, 0.6) is 0 Å². The van der Waals surface area contributed by atoms with Crippen molar-refractivity contribution in [1.82, 2.24) is 0 Å². The number of esters is 2. The van der Waals surface area contributed by atoms with Crippen LogP contribution < -0.4 is 0 Å². The Morgan fingerprint density at radius 1 is 1.05 bits per heavy atom. The van der Waals surface area contributed by atoms with E-state index in [1.54, 1.807) is 51.1 Å². The van der Waals surface area contributed by atoms with E-state index in [0.29, 0.717) is 5.56 Å². The van der Waals surface area contributed by atoms with Gasteiger partial charge >= 0.3 is 11.9 Å². The lowest BCUT2D eigenvalue weighted by Crippen LogP contribution is -2.77. The lowest BCUT2D eigenvalue weighted by Gasteiger charge is -2.66. The Balaban J connectivity index is 1.92. The minimum atomic E-state index is -2.24. The Hall–Kier alpha value is -2.84. The topological polar surface area (TPSA) is 127 Å². The standard InChI is InChI=1S/C29H36O8/c1-7-27(5)15-19(37-24(33)17-11-9-8-10-12-17)22-28(6)14-18(31)23(32)26(3,4)20(28)13-21(36-16(2)30)29(22,35)25(27)34/h7-12,18-22,31,35H,1,13-15H2,2-6H3. The summed E-state index contributed by atoms with van der Waals surface area (Å²) in [6, 6.07) is 8.38. The molecule has 8 unspecified atom stereocenters. The van der Waals surface area contributed by atoms with E-state index in [1.165, 1.54) is 13.0 Å². The molecule has 1 aromatic rings. The Morgan fingerprint density at radius 3 is 2.24 bits per heavy atom. The van der Waals surface area contributed by atoms with Gasteiger partial charge < -0.3 is 19.7 Å². The van der Waals surface area contributed by atoms with E-state index in [9.17, 15) is 29.4 Å². The monoisotopic (exact) mass is 512 g/mol. The predicted molar refractivity (Wildman–Crippen MR) is 133 cm³/mol. The number of benzene rings is 1. The highest BCUT2D eigenvalue weighted by Crippen LogP contribution is 2.66. The van der Waals surface area contributed by atoms with E-state index in [2.05, 4.69) is 6.58 Å². The van der Waals surface area contributed by atoms with Crippen molar-refractivity contribution in [1.29, 1.82) is 0 Å². The average Bonchev–Trinajstić information content (AvgIpc) is 2.83. The van der Waals surface area contributed by atoms with E-state index >= 15 is 0 Å². The molecule has 0 saturated heterocycles. The number of ketones is 2. The normalized spacial score (nSPS) is 40.7. The smallest absolute Gasteiger partial charge is 0.338 e. The second-order valence-electron chi connectivity index (χ2n) is 12.0. The minimum absolute atomic E-state index is 0.0306. The number of carbonyl (C=O) groups excluding carboxylic acids is 4. The summed E-state index contributed by atoms with van der Waals surface area (Å²) in [5, 5.41) is 23.2. The van der Waals surface area contributed by atoms with Crippen LogP contribution in [-0.2, 0) is 23.9 Å². The lowest BCUT2D eigenvalue weighted by atomic mass is 9.40. The van der Waals surface area contributed by atoms with Gasteiger partial charge in [-0.25, -0.2) is 4.79 Å². The molecular weight excluding hydrogens is 476 g/mol. The SMILES string of the molecule is C=CC1(C)CC(OC(=O)c2ccccc2)C2C3(C)CC(O)C(=O)C(C)(C)C3CC(OC(C)=O)C2(O)C1=O. The van der Waals surface area contributed by atoms with Crippen LogP contribution in [0, 0.1) is 28.1 Å². The molecule has 4 rings (SSSR count). The van der Waals surface area contributed by atoms with Gasteiger partial charge in [0.1, 0.15) is 18.3 Å². The van der Waals surface area contributed by atoms with Crippen molar-refractivity contribution in [3.63, 3.8) is 0 Å². The molecule has 0 aromatic heterocycles. The third kappa shape index (κ3) is 3.96. The number of Topliss-reactive ketones (excluding diaryl/α,β-unsaturated/α-hetero) is 2. The van der Waals surface area contributed by atoms with Crippen LogP contribution >= 0.6 is 0 Å². The fraction of sp³-hybridized carbons (Fsp3) is 0.586. The summed E-state index contributed by atoms with van der Waals surface area (Å²) in [6.45, 7) is 11.9. The average molecular weight is 513 g/mol. The Kier molecular flexibility index (Phi) is 6.53. The van der Waals surface area contributed by atoms with Crippen LogP contribution in [0.25, 0.3) is 0 Å².